The predicted octanol–water partition coefficient (Wildman–Crippen LogP) is 3.74. The summed E-state index contributed by atoms with van der Waals surface area (Å²) in [5.41, 5.74) is 0.851. The highest BCUT2D eigenvalue weighted by molar-refractivity contribution is 6.42. The lowest BCUT2D eigenvalue weighted by Crippen LogP contribution is -2.51. The van der Waals surface area contributed by atoms with Gasteiger partial charge in [0.15, 0.2) is 0 Å². The molecule has 0 radical (unpaired) electrons. The number of rotatable bonds is 4. The Hall–Kier alpha value is -0.280. The highest BCUT2D eigenvalue weighted by Crippen LogP contribution is 2.39. The first kappa shape index (κ1) is 13.7. The van der Waals surface area contributed by atoms with Crippen LogP contribution in [0, 0.1) is 0 Å². The van der Waals surface area contributed by atoms with Crippen LogP contribution in [-0.4, -0.2) is 23.3 Å². The molecule has 2 N–H and O–H groups in total. The molecule has 0 amide bonds. The molecule has 0 unspecified atom stereocenters. The first-order chi connectivity index (χ1) is 9.06. The van der Waals surface area contributed by atoms with Gasteiger partial charge in [-0.05, 0) is 55.7 Å². The highest BCUT2D eigenvalue weighted by Gasteiger charge is 2.37. The molecule has 1 aromatic rings. The van der Waals surface area contributed by atoms with E-state index >= 15 is 0 Å². The molecule has 4 heteroatoms. The zero-order valence-electron chi connectivity index (χ0n) is 10.8. The van der Waals surface area contributed by atoms with Crippen molar-refractivity contribution in [1.29, 1.82) is 0 Å². The molecule has 2 aliphatic carbocycles. The number of nitrogens with one attached hydrogen (secondary N) is 1. The molecule has 0 aromatic heterocycles. The second kappa shape index (κ2) is 5.25. The topological polar surface area (TPSA) is 32.3 Å². The van der Waals surface area contributed by atoms with Crippen LogP contribution in [0.25, 0.3) is 0 Å². The van der Waals surface area contributed by atoms with Crippen LogP contribution >= 0.6 is 23.2 Å². The lowest BCUT2D eigenvalue weighted by Gasteiger charge is -2.42. The summed E-state index contributed by atoms with van der Waals surface area (Å²) >= 11 is 12.0. The Labute approximate surface area is 124 Å². The van der Waals surface area contributed by atoms with Gasteiger partial charge < -0.3 is 10.4 Å². The summed E-state index contributed by atoms with van der Waals surface area (Å²) in [6.07, 6.45) is 5.29. The van der Waals surface area contributed by atoms with Gasteiger partial charge in [0.2, 0.25) is 0 Å². The van der Waals surface area contributed by atoms with Gasteiger partial charge in [-0.1, -0.05) is 29.3 Å². The maximum absolute atomic E-state index is 10.0. The third-order valence-corrected chi connectivity index (χ3v) is 5.30. The fraction of sp³-hybridized carbons (Fsp3) is 0.600. The zero-order valence-corrected chi connectivity index (χ0v) is 12.3. The van der Waals surface area contributed by atoms with Crippen molar-refractivity contribution >= 4 is 23.2 Å². The lowest BCUT2D eigenvalue weighted by molar-refractivity contribution is -0.0354. The Morgan fingerprint density at radius 1 is 1.21 bits per heavy atom. The van der Waals surface area contributed by atoms with Crippen molar-refractivity contribution in [2.75, 3.05) is 6.54 Å². The van der Waals surface area contributed by atoms with Gasteiger partial charge in [-0.2, -0.15) is 0 Å². The lowest BCUT2D eigenvalue weighted by atomic mass is 9.74. The zero-order chi connectivity index (χ0) is 13.5. The maximum Gasteiger partial charge on any atom is 0.0771 e. The highest BCUT2D eigenvalue weighted by atomic mass is 35.5. The van der Waals surface area contributed by atoms with Crippen molar-refractivity contribution in [3.63, 3.8) is 0 Å². The predicted molar refractivity (Wildman–Crippen MR) is 79.0 cm³/mol. The molecule has 1 aromatic carbocycles. The summed E-state index contributed by atoms with van der Waals surface area (Å²) < 4.78 is 0. The fourth-order valence-electron chi connectivity index (χ4n) is 2.92. The summed E-state index contributed by atoms with van der Waals surface area (Å²) in [5, 5.41) is 14.8. The number of hydrogen-bond acceptors (Lipinski definition) is 2. The Morgan fingerprint density at radius 3 is 2.53 bits per heavy atom. The molecule has 2 saturated carbocycles. The molecule has 0 heterocycles. The standard InChI is InChI=1S/C15H19Cl2NO/c16-13-3-2-10(8-14(13)17)11-6-12(7-11)18-9-15(19)4-1-5-15/h2-3,8,11-12,18-19H,1,4-7,9H2. The van der Waals surface area contributed by atoms with Crippen molar-refractivity contribution < 1.29 is 5.11 Å². The van der Waals surface area contributed by atoms with E-state index in [4.69, 9.17) is 23.2 Å². The average molecular weight is 300 g/mol. The van der Waals surface area contributed by atoms with Crippen molar-refractivity contribution in [1.82, 2.24) is 5.32 Å². The van der Waals surface area contributed by atoms with E-state index in [2.05, 4.69) is 11.4 Å². The summed E-state index contributed by atoms with van der Waals surface area (Å²) in [5.74, 6) is 0.573. The van der Waals surface area contributed by atoms with Crippen LogP contribution in [0.4, 0.5) is 0 Å². The van der Waals surface area contributed by atoms with E-state index in [0.717, 1.165) is 38.6 Å². The summed E-state index contributed by atoms with van der Waals surface area (Å²) in [6, 6.07) is 6.44. The fourth-order valence-corrected chi connectivity index (χ4v) is 3.23. The second-order valence-electron chi connectivity index (χ2n) is 6.00. The Morgan fingerprint density at radius 2 is 1.95 bits per heavy atom. The van der Waals surface area contributed by atoms with E-state index in [-0.39, 0.29) is 0 Å². The normalized spacial score (nSPS) is 28.6. The number of halogens is 2. The number of hydrogen-bond donors (Lipinski definition) is 2. The smallest absolute Gasteiger partial charge is 0.0771 e. The van der Waals surface area contributed by atoms with E-state index in [0.29, 0.717) is 22.0 Å². The van der Waals surface area contributed by atoms with Gasteiger partial charge in [0.05, 0.1) is 15.6 Å². The van der Waals surface area contributed by atoms with Crippen LogP contribution in [0.3, 0.4) is 0 Å². The molecule has 0 saturated heterocycles. The first-order valence-electron chi connectivity index (χ1n) is 6.96. The summed E-state index contributed by atoms with van der Waals surface area (Å²) in [7, 11) is 0. The van der Waals surface area contributed by atoms with E-state index in [1.54, 1.807) is 0 Å². The van der Waals surface area contributed by atoms with Gasteiger partial charge in [-0.15, -0.1) is 0 Å². The molecule has 0 atom stereocenters. The van der Waals surface area contributed by atoms with Crippen LogP contribution in [0.1, 0.15) is 43.6 Å². The Kier molecular flexibility index (Phi) is 3.78. The van der Waals surface area contributed by atoms with Crippen molar-refractivity contribution in [3.05, 3.63) is 33.8 Å². The SMILES string of the molecule is OC1(CNC2CC(c3ccc(Cl)c(Cl)c3)C2)CCC1. The monoisotopic (exact) mass is 299 g/mol. The van der Waals surface area contributed by atoms with E-state index in [1.807, 2.05) is 12.1 Å². The van der Waals surface area contributed by atoms with Gasteiger partial charge in [-0.3, -0.25) is 0 Å². The van der Waals surface area contributed by atoms with Crippen molar-refractivity contribution in [2.24, 2.45) is 0 Å². The van der Waals surface area contributed by atoms with Crippen LogP contribution in [0.2, 0.25) is 10.0 Å². The maximum atomic E-state index is 10.0. The minimum absolute atomic E-state index is 0.422. The molecule has 19 heavy (non-hydrogen) atoms. The first-order valence-corrected chi connectivity index (χ1v) is 7.72. The van der Waals surface area contributed by atoms with Gasteiger partial charge in [0.25, 0.3) is 0 Å². The van der Waals surface area contributed by atoms with Gasteiger partial charge in [-0.25, -0.2) is 0 Å². The Balaban J connectivity index is 1.48. The van der Waals surface area contributed by atoms with Gasteiger partial charge >= 0.3 is 0 Å². The third kappa shape index (κ3) is 2.92. The number of benzene rings is 1. The van der Waals surface area contributed by atoms with E-state index in [9.17, 15) is 5.11 Å². The molecule has 0 aliphatic heterocycles. The largest absolute Gasteiger partial charge is 0.389 e. The summed E-state index contributed by atoms with van der Waals surface area (Å²) in [6.45, 7) is 0.742. The van der Waals surface area contributed by atoms with Crippen LogP contribution < -0.4 is 5.32 Å². The van der Waals surface area contributed by atoms with Crippen LogP contribution in [0.5, 0.6) is 0 Å². The number of aliphatic hydroxyl groups is 1. The molecule has 2 aliphatic rings. The van der Waals surface area contributed by atoms with Crippen molar-refractivity contribution in [2.45, 2.75) is 49.7 Å². The van der Waals surface area contributed by atoms with Crippen LogP contribution in [0.15, 0.2) is 18.2 Å². The van der Waals surface area contributed by atoms with E-state index in [1.165, 1.54) is 5.56 Å². The molecule has 2 fully saturated rings. The average Bonchev–Trinajstić information content (AvgIpc) is 2.29. The molecular weight excluding hydrogens is 281 g/mol. The minimum Gasteiger partial charge on any atom is -0.389 e. The molecular formula is C15H19Cl2NO. The molecule has 0 spiro atoms. The quantitative estimate of drug-likeness (QED) is 0.887. The third-order valence-electron chi connectivity index (χ3n) is 4.56. The second-order valence-corrected chi connectivity index (χ2v) is 6.81. The van der Waals surface area contributed by atoms with Gasteiger partial charge in [0.1, 0.15) is 0 Å². The Bertz CT molecular complexity index is 467. The summed E-state index contributed by atoms with van der Waals surface area (Å²) in [4.78, 5) is 0. The molecule has 2 nitrogen and oxygen atoms in total. The van der Waals surface area contributed by atoms with Crippen molar-refractivity contribution in [3.8, 4) is 0 Å². The van der Waals surface area contributed by atoms with Crippen LogP contribution in [-0.2, 0) is 0 Å². The molecule has 0 bridgehead atoms. The molecule has 104 valence electrons. The van der Waals surface area contributed by atoms with E-state index < -0.39 is 5.60 Å². The minimum atomic E-state index is -0.422. The van der Waals surface area contributed by atoms with Gasteiger partial charge in [0, 0.05) is 12.6 Å². The molecule has 3 rings (SSSR count).